The van der Waals surface area contributed by atoms with E-state index in [9.17, 15) is 132 Å². The number of aliphatic hydroxyl groups is 25. The minimum atomic E-state index is -2.45. The first-order valence-corrected chi connectivity index (χ1v) is 29.2. The molecule has 0 aliphatic carbocycles. The number of hydrogen-bond acceptors (Lipinski definition) is 41. The molecule has 0 bridgehead atoms. The summed E-state index contributed by atoms with van der Waals surface area (Å²) in [6, 6.07) is -1.72. The van der Waals surface area contributed by atoms with Gasteiger partial charge in [0.25, 0.3) is 0 Å². The van der Waals surface area contributed by atoms with Crippen LogP contribution in [0, 0.1) is 0 Å². The highest BCUT2D eigenvalue weighted by molar-refractivity contribution is 5.73. The van der Waals surface area contributed by atoms with E-state index in [4.69, 9.17) is 71.1 Å². The van der Waals surface area contributed by atoms with E-state index in [1.807, 2.05) is 0 Å². The van der Waals surface area contributed by atoms with E-state index in [1.165, 1.54) is 0 Å². The van der Waals surface area contributed by atoms with Crippen LogP contribution in [0.3, 0.4) is 0 Å². The maximum Gasteiger partial charge on any atom is 0.217 e. The molecule has 42 nitrogen and oxygen atoms in total. The molecule has 0 aromatic carbocycles. The summed E-state index contributed by atoms with van der Waals surface area (Å²) in [6.45, 7) is -7.44. The Hall–Kier alpha value is -2.13. The molecule has 40 atom stereocenters. The van der Waals surface area contributed by atoms with Gasteiger partial charge in [-0.1, -0.05) is 0 Å². The Morgan fingerprint density at radius 2 is 0.565 bits per heavy atom. The van der Waals surface area contributed by atoms with Crippen LogP contribution in [-0.4, -0.2) is 432 Å². The highest BCUT2D eigenvalue weighted by Crippen LogP contribution is 2.39. The minimum Gasteiger partial charge on any atom is -0.394 e. The lowest BCUT2D eigenvalue weighted by Gasteiger charge is -2.50. The van der Waals surface area contributed by atoms with Crippen LogP contribution in [0.4, 0.5) is 0 Å². The Morgan fingerprint density at radius 1 is 0.283 bits per heavy atom. The second kappa shape index (κ2) is 32.7. The molecule has 8 heterocycles. The highest BCUT2D eigenvalue weighted by Gasteiger charge is 2.60. The van der Waals surface area contributed by atoms with Crippen molar-refractivity contribution in [3.05, 3.63) is 0 Å². The second-order valence-corrected chi connectivity index (χ2v) is 23.1. The molecule has 1 amide bonds. The van der Waals surface area contributed by atoms with Crippen LogP contribution in [0.1, 0.15) is 6.92 Å². The summed E-state index contributed by atoms with van der Waals surface area (Å²) in [6.07, 6.45) is -81.0. The van der Waals surface area contributed by atoms with Gasteiger partial charge in [-0.05, 0) is 0 Å². The van der Waals surface area contributed by atoms with Gasteiger partial charge in [0.15, 0.2) is 50.3 Å². The van der Waals surface area contributed by atoms with Gasteiger partial charge in [0.2, 0.25) is 5.91 Å². The first-order chi connectivity index (χ1) is 43.6. The predicted molar refractivity (Wildman–Crippen MR) is 276 cm³/mol. The van der Waals surface area contributed by atoms with Crippen molar-refractivity contribution in [3.8, 4) is 0 Å². The van der Waals surface area contributed by atoms with Gasteiger partial charge in [0.1, 0.15) is 195 Å². The fourth-order valence-corrected chi connectivity index (χ4v) is 11.7. The molecule has 42 heteroatoms. The van der Waals surface area contributed by atoms with Crippen molar-refractivity contribution in [2.45, 2.75) is 253 Å². The van der Waals surface area contributed by atoms with Gasteiger partial charge in [-0.15, -0.1) is 0 Å². The Kier molecular flexibility index (Phi) is 26.9. The first kappa shape index (κ1) is 75.6. The fraction of sp³-hybridized carbons (Fsp3) is 0.980. The number of aliphatic hydroxyl groups excluding tert-OH is 25. The van der Waals surface area contributed by atoms with Crippen LogP contribution in [0.25, 0.3) is 0 Å². The maximum atomic E-state index is 12.2. The van der Waals surface area contributed by atoms with Gasteiger partial charge >= 0.3 is 0 Å². The topological polar surface area (TPSA) is 673 Å². The molecular formula is C50H85NO41. The molecule has 0 aromatic heterocycles. The summed E-state index contributed by atoms with van der Waals surface area (Å²) in [5.74, 6) is -0.824. The molecule has 8 fully saturated rings. The van der Waals surface area contributed by atoms with Crippen molar-refractivity contribution in [1.29, 1.82) is 0 Å². The third kappa shape index (κ3) is 15.8. The zero-order chi connectivity index (χ0) is 67.6. The van der Waals surface area contributed by atoms with E-state index in [0.717, 1.165) is 6.92 Å². The zero-order valence-electron chi connectivity index (χ0n) is 48.5. The van der Waals surface area contributed by atoms with E-state index >= 15 is 0 Å². The molecule has 92 heavy (non-hydrogen) atoms. The molecule has 8 rings (SSSR count). The number of hydrogen-bond donors (Lipinski definition) is 26. The summed E-state index contributed by atoms with van der Waals surface area (Å²) in [5, 5.41) is 274. The minimum absolute atomic E-state index is 0.824. The standard InChI is InChI=1S/C50H85NO41/c1-10(59)51-19-27(67)37(17(8-58)79-43(19)77)87-47-36(76)39(89-49-42(32(72)24(64)14(5-55)84-49)92-50-41(31(71)23(63)15(6-56)85-50)91-46-34(74)29(69)21(61)12(3-53)82-46)26(66)18(86-47)9-78-44-35(75)38(25(65)16(7-57)80-44)88-48-40(30(70)22(62)13(4-54)83-48)90-45-33(73)28(68)20(60)11(2-52)81-45/h11-50,52-58,60-77H,2-9H2,1H3,(H,51,59)/t11-,12+,13-,14+,15+,16-,17+,18-,19+,20-,21+,22-,23+,24+,25-,26-,27+,28+,29-,30+,31-,32-,33+,34-,35+,36+,37+,38+,39+,40+,41-,42-,43+,44+,45-,46+,47+,48-,49+,50+/m1/s1. The predicted octanol–water partition coefficient (Wildman–Crippen LogP) is -18.3. The quantitative estimate of drug-likeness (QED) is 0.0452. The van der Waals surface area contributed by atoms with Gasteiger partial charge in [-0.25, -0.2) is 0 Å². The molecule has 8 aliphatic heterocycles. The third-order valence-electron chi connectivity index (χ3n) is 17.0. The van der Waals surface area contributed by atoms with Gasteiger partial charge < -0.3 is 204 Å². The van der Waals surface area contributed by atoms with Crippen LogP contribution in [0.2, 0.25) is 0 Å². The van der Waals surface area contributed by atoms with E-state index in [1.54, 1.807) is 0 Å². The van der Waals surface area contributed by atoms with Crippen LogP contribution in [-0.2, 0) is 75.8 Å². The number of carbonyl (C=O) groups is 1. The normalized spacial score (nSPS) is 52.2. The zero-order valence-corrected chi connectivity index (χ0v) is 48.5. The molecule has 0 radical (unpaired) electrons. The van der Waals surface area contributed by atoms with E-state index < -0.39 is 304 Å². The molecular weight excluding hydrogens is 1270 g/mol. The number of rotatable bonds is 23. The van der Waals surface area contributed by atoms with Crippen LogP contribution < -0.4 is 5.32 Å². The smallest absolute Gasteiger partial charge is 0.217 e. The average Bonchev–Trinajstić information content (AvgIpc) is 0.785. The van der Waals surface area contributed by atoms with Crippen molar-refractivity contribution in [2.75, 3.05) is 52.9 Å². The van der Waals surface area contributed by atoms with Crippen molar-refractivity contribution in [3.63, 3.8) is 0 Å². The third-order valence-corrected chi connectivity index (χ3v) is 17.0. The summed E-state index contributed by atoms with van der Waals surface area (Å²) in [5.41, 5.74) is 0. The van der Waals surface area contributed by atoms with Crippen molar-refractivity contribution < 1.29 is 204 Å². The summed E-state index contributed by atoms with van der Waals surface area (Å²) in [4.78, 5) is 12.2. The Bertz CT molecular complexity index is 2260. The highest BCUT2D eigenvalue weighted by atomic mass is 16.8. The molecule has 0 unspecified atom stereocenters. The van der Waals surface area contributed by atoms with Gasteiger partial charge in [-0.2, -0.15) is 0 Å². The van der Waals surface area contributed by atoms with Crippen LogP contribution >= 0.6 is 0 Å². The number of ether oxygens (including phenoxy) is 15. The number of carbonyl (C=O) groups excluding carboxylic acids is 1. The largest absolute Gasteiger partial charge is 0.394 e. The molecule has 0 spiro atoms. The molecule has 8 aliphatic rings. The van der Waals surface area contributed by atoms with Crippen LogP contribution in [0.5, 0.6) is 0 Å². The van der Waals surface area contributed by atoms with Gasteiger partial charge in [0.05, 0.1) is 52.9 Å². The average molecular weight is 1360 g/mol. The van der Waals surface area contributed by atoms with Crippen molar-refractivity contribution >= 4 is 5.91 Å². The second-order valence-electron chi connectivity index (χ2n) is 23.1. The number of nitrogens with one attached hydrogen (secondary N) is 1. The lowest BCUT2D eigenvalue weighted by Crippen LogP contribution is -2.69. The maximum absolute atomic E-state index is 12.2. The molecule has 536 valence electrons. The lowest BCUT2D eigenvalue weighted by molar-refractivity contribution is -0.407. The van der Waals surface area contributed by atoms with Gasteiger partial charge in [-0.3, -0.25) is 4.79 Å². The Morgan fingerprint density at radius 3 is 0.946 bits per heavy atom. The van der Waals surface area contributed by atoms with E-state index in [-0.39, 0.29) is 0 Å². The Balaban J connectivity index is 1.09. The number of amides is 1. The van der Waals surface area contributed by atoms with E-state index in [0.29, 0.717) is 0 Å². The van der Waals surface area contributed by atoms with E-state index in [2.05, 4.69) is 5.32 Å². The summed E-state index contributed by atoms with van der Waals surface area (Å²) in [7, 11) is 0. The monoisotopic (exact) mass is 1360 g/mol. The molecule has 26 N–H and O–H groups in total. The first-order valence-electron chi connectivity index (χ1n) is 29.2. The SMILES string of the molecule is CC(=O)N[C@H]1[C@H](O)[C@@H](O[C@@H]2O[C@H](CO[C@H]3O[C@H](CO)[C@@H](O)[C@H](O[C@H]4O[C@H](CO)[C@@H](O)[C@H](O)[C@@H]4O[C@H]4O[C@H](CO)[C@@H](O)[C@H](O)[C@@H]4O)[C@@H]3O)[C@@H](O)[C@H](O[C@@H]3O[C@@H](CO)[C@H](O)[C@@H](O)[C@H]3O[C@@H]3O[C@@H](CO)[C@H](O)[C@@H](O)[C@H]3O[C@@H]3O[C@@H](CO)[C@H](O)[C@@H](O)[C@H]3O)[C@@H]2O)[C@H](CO)O[C@@H]1O. The fourth-order valence-electron chi connectivity index (χ4n) is 11.7. The molecule has 0 saturated carbocycles. The lowest BCUT2D eigenvalue weighted by atomic mass is 9.94. The summed E-state index contributed by atoms with van der Waals surface area (Å²) >= 11 is 0. The van der Waals surface area contributed by atoms with Crippen molar-refractivity contribution in [2.24, 2.45) is 0 Å². The van der Waals surface area contributed by atoms with Crippen LogP contribution in [0.15, 0.2) is 0 Å². The molecule has 8 saturated heterocycles. The summed E-state index contributed by atoms with van der Waals surface area (Å²) < 4.78 is 86.2. The van der Waals surface area contributed by atoms with Gasteiger partial charge in [0, 0.05) is 6.92 Å². The molecule has 0 aromatic rings. The Labute approximate surface area is 519 Å². The van der Waals surface area contributed by atoms with Crippen molar-refractivity contribution in [1.82, 2.24) is 5.32 Å².